The number of nitrogens with zero attached hydrogens (tertiary/aromatic N) is 2. The van der Waals surface area contributed by atoms with E-state index in [1.807, 2.05) is 18.7 Å². The number of carbonyl (C=O) groups excluding carboxylic acids is 1. The van der Waals surface area contributed by atoms with Gasteiger partial charge in [0.05, 0.1) is 12.7 Å². The van der Waals surface area contributed by atoms with Gasteiger partial charge >= 0.3 is 0 Å². The Hall–Kier alpha value is -1.40. The molecule has 4 rings (SSSR count). The van der Waals surface area contributed by atoms with Gasteiger partial charge in [0.25, 0.3) is 0 Å². The number of fused-ring (bicyclic) bond motifs is 4. The molecular weight excluding hydrogens is 324 g/mol. The maximum atomic E-state index is 12.9. The first-order chi connectivity index (χ1) is 11.2. The van der Waals surface area contributed by atoms with Gasteiger partial charge in [-0.3, -0.25) is 4.79 Å². The predicted octanol–water partition coefficient (Wildman–Crippen LogP) is 1.73. The number of carbonyl (C=O) groups is 1. The lowest BCUT2D eigenvalue weighted by atomic mass is 9.94. The molecular formula is C18H26N2O3S. The highest BCUT2D eigenvalue weighted by Gasteiger charge is 2.39. The third-order valence-corrected chi connectivity index (χ3v) is 6.55. The number of hydrogen-bond acceptors (Lipinski definition) is 3. The van der Waals surface area contributed by atoms with Crippen LogP contribution in [-0.4, -0.2) is 55.5 Å². The minimum Gasteiger partial charge on any atom is -0.338 e. The van der Waals surface area contributed by atoms with Gasteiger partial charge in [-0.1, -0.05) is 23.8 Å². The smallest absolute Gasteiger partial charge is 0.227 e. The van der Waals surface area contributed by atoms with E-state index in [0.29, 0.717) is 26.1 Å². The Kier molecular flexibility index (Phi) is 4.71. The number of piperidine rings is 1. The van der Waals surface area contributed by atoms with Crippen molar-refractivity contribution in [1.29, 1.82) is 0 Å². The molecule has 0 N–H and O–H groups in total. The number of hydrogen-bond donors (Lipinski definition) is 0. The summed E-state index contributed by atoms with van der Waals surface area (Å²) in [5, 5.41) is 0. The first kappa shape index (κ1) is 17.4. The van der Waals surface area contributed by atoms with Crippen LogP contribution in [0.15, 0.2) is 18.2 Å². The van der Waals surface area contributed by atoms with Crippen LogP contribution in [0.3, 0.4) is 0 Å². The molecule has 0 spiro atoms. The van der Waals surface area contributed by atoms with E-state index >= 15 is 0 Å². The van der Waals surface area contributed by atoms with E-state index in [1.165, 1.54) is 6.26 Å². The zero-order valence-electron chi connectivity index (χ0n) is 14.7. The van der Waals surface area contributed by atoms with Crippen molar-refractivity contribution in [3.63, 3.8) is 0 Å². The van der Waals surface area contributed by atoms with Gasteiger partial charge in [0, 0.05) is 25.7 Å². The van der Waals surface area contributed by atoms with Crippen LogP contribution in [0.5, 0.6) is 0 Å². The summed E-state index contributed by atoms with van der Waals surface area (Å²) < 4.78 is 25.4. The summed E-state index contributed by atoms with van der Waals surface area (Å²) in [7, 11) is -3.20. The number of benzene rings is 1. The van der Waals surface area contributed by atoms with Crippen molar-refractivity contribution in [2.24, 2.45) is 5.92 Å². The maximum absolute atomic E-state index is 12.9. The minimum absolute atomic E-state index is 0.0103. The molecule has 3 heterocycles. The number of sulfonamides is 1. The molecule has 3 fully saturated rings. The van der Waals surface area contributed by atoms with Gasteiger partial charge in [0.2, 0.25) is 15.9 Å². The van der Waals surface area contributed by atoms with E-state index in [-0.39, 0.29) is 17.9 Å². The molecule has 0 unspecified atom stereocenters. The van der Waals surface area contributed by atoms with Gasteiger partial charge in [-0.2, -0.15) is 4.31 Å². The second-order valence-electron chi connectivity index (χ2n) is 7.33. The first-order valence-electron chi connectivity index (χ1n) is 8.55. The third kappa shape index (κ3) is 3.64. The van der Waals surface area contributed by atoms with Crippen LogP contribution >= 0.6 is 0 Å². The standard InChI is InChI=1S/C18H26N2O3S/c1-13-4-5-14(2)16(8-13)9-18(21)20-11-15-6-7-17(20)12-19(10-15)24(3,22)23/h4-5,8,15,17H,6-7,9-12H2,1-3H3/t15-,17+/m0/s1. The lowest BCUT2D eigenvalue weighted by Gasteiger charge is -2.36. The zero-order valence-corrected chi connectivity index (χ0v) is 15.5. The van der Waals surface area contributed by atoms with E-state index in [0.717, 1.165) is 29.5 Å². The summed E-state index contributed by atoms with van der Waals surface area (Å²) in [6, 6.07) is 6.20. The lowest BCUT2D eigenvalue weighted by molar-refractivity contribution is -0.134. The normalized spacial score (nSPS) is 24.9. The molecule has 2 bridgehead atoms. The second kappa shape index (κ2) is 6.48. The van der Waals surface area contributed by atoms with Crippen LogP contribution in [-0.2, 0) is 21.2 Å². The fraction of sp³-hybridized carbons (Fsp3) is 0.611. The molecule has 0 aromatic heterocycles. The van der Waals surface area contributed by atoms with Crippen LogP contribution in [0.4, 0.5) is 0 Å². The molecule has 0 saturated carbocycles. The molecule has 24 heavy (non-hydrogen) atoms. The zero-order chi connectivity index (χ0) is 17.5. The Morgan fingerprint density at radius 2 is 1.92 bits per heavy atom. The largest absolute Gasteiger partial charge is 0.338 e. The highest BCUT2D eigenvalue weighted by atomic mass is 32.2. The van der Waals surface area contributed by atoms with Crippen molar-refractivity contribution in [3.05, 3.63) is 34.9 Å². The van der Waals surface area contributed by atoms with Crippen molar-refractivity contribution >= 4 is 15.9 Å². The number of amides is 1. The molecule has 2 atom stereocenters. The van der Waals surface area contributed by atoms with Gasteiger partial charge in [-0.05, 0) is 43.7 Å². The average molecular weight is 350 g/mol. The fourth-order valence-corrected chi connectivity index (χ4v) is 4.79. The Bertz CT molecular complexity index is 745. The van der Waals surface area contributed by atoms with Crippen molar-refractivity contribution in [2.45, 2.75) is 39.2 Å². The fourth-order valence-electron chi connectivity index (χ4n) is 3.87. The monoisotopic (exact) mass is 350 g/mol. The minimum atomic E-state index is -3.20. The van der Waals surface area contributed by atoms with Crippen LogP contribution in [0.2, 0.25) is 0 Å². The summed E-state index contributed by atoms with van der Waals surface area (Å²) in [6.45, 7) is 5.73. The number of rotatable bonds is 3. The van der Waals surface area contributed by atoms with Crippen LogP contribution < -0.4 is 0 Å². The van der Waals surface area contributed by atoms with Gasteiger partial charge in [-0.25, -0.2) is 8.42 Å². The van der Waals surface area contributed by atoms with Gasteiger partial charge in [-0.15, -0.1) is 0 Å². The molecule has 1 amide bonds. The second-order valence-corrected chi connectivity index (χ2v) is 9.31. The van der Waals surface area contributed by atoms with E-state index in [1.54, 1.807) is 4.31 Å². The van der Waals surface area contributed by atoms with Gasteiger partial charge < -0.3 is 4.90 Å². The van der Waals surface area contributed by atoms with Crippen molar-refractivity contribution in [2.75, 3.05) is 25.9 Å². The van der Waals surface area contributed by atoms with Gasteiger partial charge in [0.1, 0.15) is 0 Å². The molecule has 3 aliphatic rings. The van der Waals surface area contributed by atoms with Crippen LogP contribution in [0, 0.1) is 19.8 Å². The molecule has 1 aromatic rings. The van der Waals surface area contributed by atoms with Gasteiger partial charge in [0.15, 0.2) is 0 Å². The quantitative estimate of drug-likeness (QED) is 0.834. The van der Waals surface area contributed by atoms with Crippen LogP contribution in [0.1, 0.15) is 29.5 Å². The Labute approximate surface area is 144 Å². The van der Waals surface area contributed by atoms with E-state index in [9.17, 15) is 13.2 Å². The summed E-state index contributed by atoms with van der Waals surface area (Å²) in [5.41, 5.74) is 3.36. The molecule has 132 valence electrons. The summed E-state index contributed by atoms with van der Waals surface area (Å²) in [6.07, 6.45) is 3.56. The van der Waals surface area contributed by atoms with E-state index in [2.05, 4.69) is 18.2 Å². The summed E-state index contributed by atoms with van der Waals surface area (Å²) >= 11 is 0. The topological polar surface area (TPSA) is 57.7 Å². The number of aryl methyl sites for hydroxylation is 2. The maximum Gasteiger partial charge on any atom is 0.227 e. The van der Waals surface area contributed by atoms with Crippen LogP contribution in [0.25, 0.3) is 0 Å². The summed E-state index contributed by atoms with van der Waals surface area (Å²) in [5.74, 6) is 0.370. The molecule has 3 aliphatic heterocycles. The Morgan fingerprint density at radius 3 is 2.62 bits per heavy atom. The average Bonchev–Trinajstić information content (AvgIpc) is 2.82. The molecule has 6 heteroatoms. The highest BCUT2D eigenvalue weighted by Crippen LogP contribution is 2.29. The lowest BCUT2D eigenvalue weighted by Crippen LogP contribution is -2.48. The molecule has 0 radical (unpaired) electrons. The summed E-state index contributed by atoms with van der Waals surface area (Å²) in [4.78, 5) is 14.8. The third-order valence-electron chi connectivity index (χ3n) is 5.32. The molecule has 5 nitrogen and oxygen atoms in total. The first-order valence-corrected chi connectivity index (χ1v) is 10.4. The SMILES string of the molecule is Cc1ccc(C)c(CC(=O)N2C[C@H]3CC[C@@H]2CN(S(C)(=O)=O)C3)c1. The van der Waals surface area contributed by atoms with Crippen molar-refractivity contribution in [3.8, 4) is 0 Å². The highest BCUT2D eigenvalue weighted by molar-refractivity contribution is 7.88. The van der Waals surface area contributed by atoms with E-state index in [4.69, 9.17) is 0 Å². The molecule has 3 saturated heterocycles. The molecule has 0 aliphatic carbocycles. The van der Waals surface area contributed by atoms with Crippen molar-refractivity contribution < 1.29 is 13.2 Å². The van der Waals surface area contributed by atoms with E-state index < -0.39 is 10.0 Å². The predicted molar refractivity (Wildman–Crippen MR) is 94.3 cm³/mol. The Balaban J connectivity index is 1.77. The Morgan fingerprint density at radius 1 is 1.17 bits per heavy atom. The van der Waals surface area contributed by atoms with Crippen molar-refractivity contribution in [1.82, 2.24) is 9.21 Å². The molecule has 1 aromatic carbocycles.